The van der Waals surface area contributed by atoms with Crippen molar-refractivity contribution in [3.05, 3.63) is 87.9 Å². The monoisotopic (exact) mass is 423 g/mol. The highest BCUT2D eigenvalue weighted by Crippen LogP contribution is 2.47. The fourth-order valence-electron chi connectivity index (χ4n) is 4.91. The number of anilines is 2. The van der Waals surface area contributed by atoms with Crippen LogP contribution >= 0.6 is 0 Å². The van der Waals surface area contributed by atoms with Crippen LogP contribution in [0, 0.1) is 0 Å². The van der Waals surface area contributed by atoms with E-state index in [1.807, 2.05) is 54.6 Å². The molecule has 7 nitrogen and oxygen atoms in total. The van der Waals surface area contributed by atoms with Gasteiger partial charge in [0, 0.05) is 27.9 Å². The normalized spacial score (nSPS) is 16.1. The summed E-state index contributed by atoms with van der Waals surface area (Å²) in [5.41, 5.74) is 5.57. The number of nitrogens with zero attached hydrogens (tertiary/aromatic N) is 1. The minimum absolute atomic E-state index is 0.224. The van der Waals surface area contributed by atoms with Gasteiger partial charge in [0.15, 0.2) is 11.5 Å². The predicted octanol–water partition coefficient (Wildman–Crippen LogP) is 4.83. The Bertz CT molecular complexity index is 1600. The second-order valence-electron chi connectivity index (χ2n) is 8.10. The fraction of sp³-hybridized carbons (Fsp3) is 0.120. The Hall–Kier alpha value is -4.26. The Morgan fingerprint density at radius 3 is 2.88 bits per heavy atom. The minimum atomic E-state index is -0.334. The fourth-order valence-corrected chi connectivity index (χ4v) is 4.91. The number of hydrogen-bond acceptors (Lipinski definition) is 6. The maximum absolute atomic E-state index is 13.3. The summed E-state index contributed by atoms with van der Waals surface area (Å²) in [5, 5.41) is 12.7. The van der Waals surface area contributed by atoms with E-state index in [0.717, 1.165) is 50.3 Å². The van der Waals surface area contributed by atoms with Crippen LogP contribution in [-0.2, 0) is 6.42 Å². The van der Waals surface area contributed by atoms with E-state index in [1.54, 1.807) is 6.20 Å². The number of ether oxygens (including phenoxy) is 2. The zero-order valence-electron chi connectivity index (χ0n) is 16.8. The molecule has 156 valence electrons. The molecule has 0 saturated carbocycles. The first-order valence-corrected chi connectivity index (χ1v) is 10.4. The molecule has 2 aliphatic heterocycles. The third-order valence-electron chi connectivity index (χ3n) is 6.34. The molecule has 0 amide bonds. The first kappa shape index (κ1) is 17.4. The molecule has 5 aromatic rings. The van der Waals surface area contributed by atoms with Crippen molar-refractivity contribution in [2.45, 2.75) is 12.3 Å². The predicted molar refractivity (Wildman–Crippen MR) is 120 cm³/mol. The lowest BCUT2D eigenvalue weighted by atomic mass is 9.81. The average molecular weight is 423 g/mol. The third kappa shape index (κ3) is 2.42. The molecule has 4 heterocycles. The number of aromatic amines is 1. The van der Waals surface area contributed by atoms with Gasteiger partial charge in [-0.1, -0.05) is 18.2 Å². The molecule has 7 rings (SSSR count). The van der Waals surface area contributed by atoms with Crippen molar-refractivity contribution in [2.75, 3.05) is 12.1 Å². The summed E-state index contributed by atoms with van der Waals surface area (Å²) in [7, 11) is 0. The van der Waals surface area contributed by atoms with Crippen molar-refractivity contribution in [1.82, 2.24) is 10.2 Å². The summed E-state index contributed by atoms with van der Waals surface area (Å²) in [6, 6.07) is 17.6. The van der Waals surface area contributed by atoms with Gasteiger partial charge < -0.3 is 19.2 Å². The number of rotatable bonds is 2. The van der Waals surface area contributed by atoms with Crippen LogP contribution in [0.1, 0.15) is 22.6 Å². The number of aromatic nitrogens is 2. The van der Waals surface area contributed by atoms with Crippen LogP contribution in [0.5, 0.6) is 11.5 Å². The molecular formula is C25H17N3O4. The van der Waals surface area contributed by atoms with Gasteiger partial charge >= 0.3 is 5.63 Å². The largest absolute Gasteiger partial charge is 0.454 e. The molecule has 32 heavy (non-hydrogen) atoms. The quantitative estimate of drug-likeness (QED) is 0.396. The van der Waals surface area contributed by atoms with E-state index < -0.39 is 0 Å². The van der Waals surface area contributed by atoms with E-state index in [1.165, 1.54) is 0 Å². The maximum Gasteiger partial charge on any atom is 0.342 e. The van der Waals surface area contributed by atoms with E-state index in [-0.39, 0.29) is 18.3 Å². The minimum Gasteiger partial charge on any atom is -0.454 e. The van der Waals surface area contributed by atoms with Crippen molar-refractivity contribution in [3.63, 3.8) is 0 Å². The standard InChI is InChI=1S/C25H17N3O4/c29-25-22-16(9-13-5-8-19-20(10-13)31-12-30-19)21-17(7-6-14-11-26-28-23(14)21)27-24(22)15-3-1-2-4-18(15)32-25/h1-8,10-11,16,27H,9,12H2,(H,26,28). The molecule has 2 aliphatic rings. The number of benzene rings is 3. The number of fused-ring (bicyclic) bond motifs is 7. The van der Waals surface area contributed by atoms with Gasteiger partial charge in [-0.15, -0.1) is 0 Å². The average Bonchev–Trinajstić information content (AvgIpc) is 3.47. The van der Waals surface area contributed by atoms with Crippen molar-refractivity contribution >= 4 is 33.2 Å². The molecule has 2 N–H and O–H groups in total. The molecule has 2 aromatic heterocycles. The van der Waals surface area contributed by atoms with Crippen LogP contribution in [0.2, 0.25) is 0 Å². The molecule has 1 unspecified atom stereocenters. The van der Waals surface area contributed by atoms with Gasteiger partial charge in [0.05, 0.1) is 23.0 Å². The van der Waals surface area contributed by atoms with Gasteiger partial charge in [0.1, 0.15) is 5.58 Å². The van der Waals surface area contributed by atoms with Crippen LogP contribution in [0.25, 0.3) is 21.9 Å². The van der Waals surface area contributed by atoms with E-state index in [4.69, 9.17) is 13.9 Å². The van der Waals surface area contributed by atoms with Crippen molar-refractivity contribution in [1.29, 1.82) is 0 Å². The summed E-state index contributed by atoms with van der Waals surface area (Å²) in [6.45, 7) is 0.224. The van der Waals surface area contributed by atoms with Crippen LogP contribution < -0.4 is 20.4 Å². The van der Waals surface area contributed by atoms with E-state index in [2.05, 4.69) is 15.5 Å². The lowest BCUT2D eigenvalue weighted by Crippen LogP contribution is -2.23. The van der Waals surface area contributed by atoms with Crippen molar-refractivity contribution < 1.29 is 13.9 Å². The highest BCUT2D eigenvalue weighted by Gasteiger charge is 2.33. The van der Waals surface area contributed by atoms with E-state index >= 15 is 0 Å². The lowest BCUT2D eigenvalue weighted by molar-refractivity contribution is 0.174. The number of hydrogen-bond donors (Lipinski definition) is 2. The molecule has 7 heteroatoms. The van der Waals surface area contributed by atoms with Crippen LogP contribution in [0.15, 0.2) is 70.0 Å². The number of nitrogens with one attached hydrogen (secondary N) is 2. The molecule has 3 aromatic carbocycles. The van der Waals surface area contributed by atoms with Crippen LogP contribution in [0.3, 0.4) is 0 Å². The molecular weight excluding hydrogens is 406 g/mol. The smallest absolute Gasteiger partial charge is 0.342 e. The highest BCUT2D eigenvalue weighted by atomic mass is 16.7. The summed E-state index contributed by atoms with van der Waals surface area (Å²) in [6.07, 6.45) is 2.39. The topological polar surface area (TPSA) is 89.4 Å². The summed E-state index contributed by atoms with van der Waals surface area (Å²) >= 11 is 0. The van der Waals surface area contributed by atoms with Gasteiger partial charge in [0.2, 0.25) is 6.79 Å². The Labute approximate surface area is 181 Å². The van der Waals surface area contributed by atoms with Gasteiger partial charge in [-0.3, -0.25) is 5.10 Å². The SMILES string of the molecule is O=c1oc2ccccc2c2c1C(Cc1ccc3c(c1)OCO3)c1c(ccc3cn[nH]c13)N2. The summed E-state index contributed by atoms with van der Waals surface area (Å²) < 4.78 is 16.8. The van der Waals surface area contributed by atoms with Crippen LogP contribution in [0.4, 0.5) is 11.4 Å². The maximum atomic E-state index is 13.3. The first-order valence-electron chi connectivity index (χ1n) is 10.4. The lowest BCUT2D eigenvalue weighted by Gasteiger charge is -2.29. The molecule has 0 fully saturated rings. The zero-order chi connectivity index (χ0) is 21.2. The molecule has 0 aliphatic carbocycles. The van der Waals surface area contributed by atoms with E-state index in [9.17, 15) is 4.79 Å². The summed E-state index contributed by atoms with van der Waals surface area (Å²) in [4.78, 5) is 13.3. The zero-order valence-corrected chi connectivity index (χ0v) is 16.8. The number of para-hydroxylation sites is 1. The molecule has 0 spiro atoms. The van der Waals surface area contributed by atoms with Gasteiger partial charge in [-0.05, 0) is 48.4 Å². The summed E-state index contributed by atoms with van der Waals surface area (Å²) in [5.74, 6) is 1.23. The third-order valence-corrected chi connectivity index (χ3v) is 6.34. The van der Waals surface area contributed by atoms with Gasteiger partial charge in [0.25, 0.3) is 0 Å². The second-order valence-corrected chi connectivity index (χ2v) is 8.10. The molecule has 0 saturated heterocycles. The van der Waals surface area contributed by atoms with Crippen molar-refractivity contribution in [3.8, 4) is 11.5 Å². The second kappa shape index (κ2) is 6.37. The first-order chi connectivity index (χ1) is 15.8. The van der Waals surface area contributed by atoms with Gasteiger partial charge in [-0.2, -0.15) is 5.10 Å². The van der Waals surface area contributed by atoms with Gasteiger partial charge in [-0.25, -0.2) is 4.79 Å². The Kier molecular flexibility index (Phi) is 3.47. The van der Waals surface area contributed by atoms with Crippen molar-refractivity contribution in [2.24, 2.45) is 0 Å². The molecule has 0 bridgehead atoms. The number of H-pyrrole nitrogens is 1. The Morgan fingerprint density at radius 2 is 1.91 bits per heavy atom. The molecule has 1 atom stereocenters. The molecule has 0 radical (unpaired) electrons. The van der Waals surface area contributed by atoms with E-state index in [0.29, 0.717) is 17.6 Å². The highest BCUT2D eigenvalue weighted by molar-refractivity contribution is 5.99. The Balaban J connectivity index is 1.49. The Morgan fingerprint density at radius 1 is 1.00 bits per heavy atom. The van der Waals surface area contributed by atoms with Crippen LogP contribution in [-0.4, -0.2) is 17.0 Å².